The van der Waals surface area contributed by atoms with Crippen LogP contribution in [0.5, 0.6) is 0 Å². The average molecular weight is 327 g/mol. The summed E-state index contributed by atoms with van der Waals surface area (Å²) in [5.41, 5.74) is 0.246. The van der Waals surface area contributed by atoms with Crippen molar-refractivity contribution in [1.82, 2.24) is 4.90 Å². The fraction of sp³-hybridized carbons (Fsp3) is 0.364. The molecule has 0 aromatic heterocycles. The van der Waals surface area contributed by atoms with Gasteiger partial charge in [-0.1, -0.05) is 39.7 Å². The minimum absolute atomic E-state index is 0.217. The summed E-state index contributed by atoms with van der Waals surface area (Å²) in [7, 11) is 0. The summed E-state index contributed by atoms with van der Waals surface area (Å²) in [6.07, 6.45) is -2.56. The molecule has 0 unspecified atom stereocenters. The van der Waals surface area contributed by atoms with Gasteiger partial charge in [0, 0.05) is 11.9 Å². The van der Waals surface area contributed by atoms with Crippen molar-refractivity contribution >= 4 is 33.4 Å². The molecule has 0 radical (unpaired) electrons. The first-order valence-electron chi connectivity index (χ1n) is 4.94. The van der Waals surface area contributed by atoms with Crippen LogP contribution >= 0.6 is 27.5 Å². The van der Waals surface area contributed by atoms with Gasteiger partial charge in [-0.15, -0.1) is 0 Å². The highest BCUT2D eigenvalue weighted by Gasteiger charge is 2.20. The summed E-state index contributed by atoms with van der Waals surface area (Å²) in [5, 5.41) is 0.710. The fourth-order valence-corrected chi connectivity index (χ4v) is 1.99. The summed E-state index contributed by atoms with van der Waals surface area (Å²) in [6.45, 7) is -0.371. The van der Waals surface area contributed by atoms with Crippen molar-refractivity contribution in [2.45, 2.75) is 6.43 Å². The normalized spacial score (nSPS) is 10.6. The van der Waals surface area contributed by atoms with Gasteiger partial charge in [-0.2, -0.15) is 0 Å². The summed E-state index contributed by atoms with van der Waals surface area (Å²) in [4.78, 5) is 13.1. The Kier molecular flexibility index (Phi) is 5.85. The average Bonchev–Trinajstić information content (AvgIpc) is 2.28. The fourth-order valence-electron chi connectivity index (χ4n) is 1.35. The number of nitrogens with zero attached hydrogens (tertiary/aromatic N) is 1. The number of hydrogen-bond donors (Lipinski definition) is 0. The lowest BCUT2D eigenvalue weighted by Crippen LogP contribution is -2.36. The van der Waals surface area contributed by atoms with E-state index in [-0.39, 0.29) is 17.1 Å². The Labute approximate surface area is 112 Å². The monoisotopic (exact) mass is 325 g/mol. The van der Waals surface area contributed by atoms with Crippen LogP contribution in [0.15, 0.2) is 24.3 Å². The summed E-state index contributed by atoms with van der Waals surface area (Å²) in [6, 6.07) is 6.41. The number of amides is 1. The van der Waals surface area contributed by atoms with Gasteiger partial charge in [-0.05, 0) is 12.1 Å². The van der Waals surface area contributed by atoms with Crippen molar-refractivity contribution < 1.29 is 13.6 Å². The summed E-state index contributed by atoms with van der Waals surface area (Å²) in [5.74, 6) is -0.477. The second kappa shape index (κ2) is 6.91. The molecule has 1 aromatic carbocycles. The second-order valence-electron chi connectivity index (χ2n) is 3.31. The number of benzene rings is 1. The molecular formula is C11H11BrClF2NO. The van der Waals surface area contributed by atoms with Crippen molar-refractivity contribution in [3.05, 3.63) is 34.9 Å². The molecule has 0 saturated heterocycles. The van der Waals surface area contributed by atoms with Crippen molar-refractivity contribution in [2.24, 2.45) is 0 Å². The molecule has 0 saturated carbocycles. The predicted molar refractivity (Wildman–Crippen MR) is 67.2 cm³/mol. The Hall–Kier alpha value is -0.680. The highest BCUT2D eigenvalue weighted by Crippen LogP contribution is 2.17. The molecule has 0 aliphatic carbocycles. The molecule has 0 spiro atoms. The molecule has 1 aromatic rings. The molecule has 0 bridgehead atoms. The van der Waals surface area contributed by atoms with Gasteiger partial charge in [0.05, 0.1) is 17.1 Å². The highest BCUT2D eigenvalue weighted by molar-refractivity contribution is 9.09. The van der Waals surface area contributed by atoms with E-state index in [0.29, 0.717) is 5.33 Å². The molecule has 0 aliphatic rings. The van der Waals surface area contributed by atoms with E-state index < -0.39 is 18.9 Å². The predicted octanol–water partition coefficient (Wildman–Crippen LogP) is 3.44. The van der Waals surface area contributed by atoms with Gasteiger partial charge >= 0.3 is 0 Å². The van der Waals surface area contributed by atoms with Gasteiger partial charge < -0.3 is 4.90 Å². The number of alkyl halides is 3. The van der Waals surface area contributed by atoms with Gasteiger partial charge in [0.15, 0.2) is 0 Å². The number of carbonyl (C=O) groups excluding carboxylic acids is 1. The first kappa shape index (κ1) is 14.4. The van der Waals surface area contributed by atoms with E-state index in [0.717, 1.165) is 4.90 Å². The van der Waals surface area contributed by atoms with Crippen molar-refractivity contribution in [1.29, 1.82) is 0 Å². The Bertz CT molecular complexity index is 389. The van der Waals surface area contributed by atoms with Crippen LogP contribution in [0.3, 0.4) is 0 Å². The van der Waals surface area contributed by atoms with Crippen LogP contribution in [-0.4, -0.2) is 35.7 Å². The van der Waals surface area contributed by atoms with Gasteiger partial charge in [0.1, 0.15) is 0 Å². The summed E-state index contributed by atoms with van der Waals surface area (Å²) < 4.78 is 24.7. The van der Waals surface area contributed by atoms with E-state index in [1.165, 1.54) is 6.07 Å². The second-order valence-corrected chi connectivity index (χ2v) is 4.51. The Morgan fingerprint density at radius 3 is 2.59 bits per heavy atom. The Balaban J connectivity index is 2.88. The first-order valence-corrected chi connectivity index (χ1v) is 6.44. The standard InChI is InChI=1S/C11H11BrClF2NO/c12-5-6-16(7-10(14)15)11(17)8-3-1-2-4-9(8)13/h1-4,10H,5-7H2. The first-order chi connectivity index (χ1) is 8.06. The maximum atomic E-state index is 12.3. The third-order valence-corrected chi connectivity index (χ3v) is 2.79. The molecule has 17 heavy (non-hydrogen) atoms. The molecule has 2 nitrogen and oxygen atoms in total. The quantitative estimate of drug-likeness (QED) is 0.759. The topological polar surface area (TPSA) is 20.3 Å². The molecule has 0 fully saturated rings. The minimum atomic E-state index is -2.56. The van der Waals surface area contributed by atoms with E-state index in [4.69, 9.17) is 11.6 Å². The maximum absolute atomic E-state index is 12.3. The zero-order chi connectivity index (χ0) is 12.8. The van der Waals surface area contributed by atoms with Crippen LogP contribution in [0.25, 0.3) is 0 Å². The number of rotatable bonds is 5. The molecule has 0 aliphatic heterocycles. The van der Waals surface area contributed by atoms with Crippen LogP contribution in [-0.2, 0) is 0 Å². The third kappa shape index (κ3) is 4.24. The van der Waals surface area contributed by atoms with Gasteiger partial charge in [-0.3, -0.25) is 4.79 Å². The largest absolute Gasteiger partial charge is 0.332 e. The minimum Gasteiger partial charge on any atom is -0.332 e. The number of halogens is 4. The van der Waals surface area contributed by atoms with E-state index in [9.17, 15) is 13.6 Å². The molecule has 1 rings (SSSR count). The zero-order valence-electron chi connectivity index (χ0n) is 8.88. The van der Waals surface area contributed by atoms with Crippen LogP contribution in [0.1, 0.15) is 10.4 Å². The van der Waals surface area contributed by atoms with E-state index in [2.05, 4.69) is 15.9 Å². The van der Waals surface area contributed by atoms with E-state index in [1.807, 2.05) is 0 Å². The van der Waals surface area contributed by atoms with Crippen molar-refractivity contribution in [3.63, 3.8) is 0 Å². The van der Waals surface area contributed by atoms with Crippen LogP contribution < -0.4 is 0 Å². The SMILES string of the molecule is O=C(c1ccccc1Cl)N(CCBr)CC(F)F. The molecule has 0 heterocycles. The van der Waals surface area contributed by atoms with Crippen molar-refractivity contribution in [2.75, 3.05) is 18.4 Å². The summed E-state index contributed by atoms with van der Waals surface area (Å²) >= 11 is 8.98. The Morgan fingerprint density at radius 2 is 2.06 bits per heavy atom. The molecule has 6 heteroatoms. The maximum Gasteiger partial charge on any atom is 0.255 e. The van der Waals surface area contributed by atoms with Gasteiger partial charge in [-0.25, -0.2) is 8.78 Å². The molecular weight excluding hydrogens is 315 g/mol. The zero-order valence-corrected chi connectivity index (χ0v) is 11.2. The van der Waals surface area contributed by atoms with Crippen LogP contribution in [0, 0.1) is 0 Å². The Morgan fingerprint density at radius 1 is 1.41 bits per heavy atom. The van der Waals surface area contributed by atoms with Crippen molar-refractivity contribution in [3.8, 4) is 0 Å². The van der Waals surface area contributed by atoms with Gasteiger partial charge in [0.2, 0.25) is 0 Å². The van der Waals surface area contributed by atoms with Gasteiger partial charge in [0.25, 0.3) is 12.3 Å². The van der Waals surface area contributed by atoms with E-state index in [1.54, 1.807) is 18.2 Å². The third-order valence-electron chi connectivity index (χ3n) is 2.10. The number of carbonyl (C=O) groups is 1. The number of hydrogen-bond acceptors (Lipinski definition) is 1. The smallest absolute Gasteiger partial charge is 0.255 e. The molecule has 94 valence electrons. The lowest BCUT2D eigenvalue weighted by Gasteiger charge is -2.21. The lowest BCUT2D eigenvalue weighted by atomic mass is 10.2. The highest BCUT2D eigenvalue weighted by atomic mass is 79.9. The molecule has 0 atom stereocenters. The molecule has 0 N–H and O–H groups in total. The molecule has 1 amide bonds. The lowest BCUT2D eigenvalue weighted by molar-refractivity contribution is 0.0572. The van der Waals surface area contributed by atoms with E-state index >= 15 is 0 Å². The van der Waals surface area contributed by atoms with Crippen LogP contribution in [0.4, 0.5) is 8.78 Å². The van der Waals surface area contributed by atoms with Crippen LogP contribution in [0.2, 0.25) is 5.02 Å².